The van der Waals surface area contributed by atoms with Gasteiger partial charge in [-0.2, -0.15) is 0 Å². The highest BCUT2D eigenvalue weighted by Crippen LogP contribution is 2.29. The first-order valence-electron chi connectivity index (χ1n) is 12.8. The molecule has 36 heavy (non-hydrogen) atoms. The number of rotatable bonds is 6. The summed E-state index contributed by atoms with van der Waals surface area (Å²) in [5.74, 6) is 0.364. The summed E-state index contributed by atoms with van der Waals surface area (Å²) in [7, 11) is 0. The van der Waals surface area contributed by atoms with Crippen molar-refractivity contribution >= 4 is 23.2 Å². The van der Waals surface area contributed by atoms with Crippen molar-refractivity contribution in [3.8, 4) is 0 Å². The zero-order chi connectivity index (χ0) is 25.7. The monoisotopic (exact) mass is 483 g/mol. The highest BCUT2D eigenvalue weighted by Gasteiger charge is 2.22. The van der Waals surface area contributed by atoms with Gasteiger partial charge < -0.3 is 15.5 Å². The van der Waals surface area contributed by atoms with Crippen LogP contribution < -0.4 is 15.5 Å². The van der Waals surface area contributed by atoms with Crippen molar-refractivity contribution in [1.82, 2.24) is 5.32 Å². The maximum absolute atomic E-state index is 13.3. The van der Waals surface area contributed by atoms with E-state index in [0.717, 1.165) is 37.2 Å². The second-order valence-electron chi connectivity index (χ2n) is 10.9. The third kappa shape index (κ3) is 6.34. The summed E-state index contributed by atoms with van der Waals surface area (Å²) >= 11 is 0. The Bertz CT molecular complexity index is 1190. The molecule has 5 nitrogen and oxygen atoms in total. The minimum absolute atomic E-state index is 0.0269. The summed E-state index contributed by atoms with van der Waals surface area (Å²) in [4.78, 5) is 28.6. The molecule has 0 radical (unpaired) electrons. The van der Waals surface area contributed by atoms with E-state index in [1.54, 1.807) is 6.07 Å². The van der Waals surface area contributed by atoms with Crippen LogP contribution in [0.5, 0.6) is 0 Å². The highest BCUT2D eigenvalue weighted by molar-refractivity contribution is 6.06. The van der Waals surface area contributed by atoms with Crippen molar-refractivity contribution in [2.75, 3.05) is 23.3 Å². The summed E-state index contributed by atoms with van der Waals surface area (Å²) in [5.41, 5.74) is 4.95. The molecule has 0 aliphatic carbocycles. The average molecular weight is 484 g/mol. The number of carbonyl (C=O) groups is 2. The molecule has 2 N–H and O–H groups in total. The number of carbonyl (C=O) groups excluding carboxylic acids is 2. The number of hydrogen-bond donors (Lipinski definition) is 2. The van der Waals surface area contributed by atoms with Gasteiger partial charge in [-0.1, -0.05) is 70.2 Å². The third-order valence-corrected chi connectivity index (χ3v) is 6.93. The SMILES string of the molecule is CC1CCN(c2ccc(NC(=O)c3ccc(C(C)(C)C)cc3)cc2C(=O)NCc2ccccc2)CC1. The molecule has 0 bridgehead atoms. The lowest BCUT2D eigenvalue weighted by molar-refractivity contribution is 0.0950. The molecule has 5 heteroatoms. The Balaban J connectivity index is 1.55. The molecule has 0 aromatic heterocycles. The van der Waals surface area contributed by atoms with E-state index in [-0.39, 0.29) is 17.2 Å². The largest absolute Gasteiger partial charge is 0.371 e. The Hall–Kier alpha value is -3.60. The Labute approximate surface area is 214 Å². The maximum atomic E-state index is 13.3. The van der Waals surface area contributed by atoms with Gasteiger partial charge in [-0.25, -0.2) is 0 Å². The zero-order valence-corrected chi connectivity index (χ0v) is 21.8. The summed E-state index contributed by atoms with van der Waals surface area (Å²) in [6, 6.07) is 23.2. The molecule has 0 unspecified atom stereocenters. The molecule has 1 fully saturated rings. The lowest BCUT2D eigenvalue weighted by atomic mass is 9.87. The minimum atomic E-state index is -0.189. The third-order valence-electron chi connectivity index (χ3n) is 6.93. The quantitative estimate of drug-likeness (QED) is 0.426. The Morgan fingerprint density at radius 3 is 2.19 bits per heavy atom. The summed E-state index contributed by atoms with van der Waals surface area (Å²) in [5, 5.41) is 6.04. The van der Waals surface area contributed by atoms with Gasteiger partial charge in [0.15, 0.2) is 0 Å². The van der Waals surface area contributed by atoms with Crippen molar-refractivity contribution in [3.63, 3.8) is 0 Å². The second kappa shape index (κ2) is 11.0. The molecule has 4 rings (SSSR count). The Morgan fingerprint density at radius 2 is 1.56 bits per heavy atom. The van der Waals surface area contributed by atoms with Gasteiger partial charge in [0.1, 0.15) is 0 Å². The molecular formula is C31H37N3O2. The van der Waals surface area contributed by atoms with Gasteiger partial charge in [-0.15, -0.1) is 0 Å². The van der Waals surface area contributed by atoms with Gasteiger partial charge in [-0.3, -0.25) is 9.59 Å². The molecule has 1 saturated heterocycles. The van der Waals surface area contributed by atoms with E-state index in [1.165, 1.54) is 5.56 Å². The first kappa shape index (κ1) is 25.5. The average Bonchev–Trinajstić information content (AvgIpc) is 2.88. The number of benzene rings is 3. The first-order chi connectivity index (χ1) is 17.2. The van der Waals surface area contributed by atoms with Gasteiger partial charge in [0.25, 0.3) is 11.8 Å². The molecule has 1 aliphatic rings. The summed E-state index contributed by atoms with van der Waals surface area (Å²) in [6.07, 6.45) is 2.21. The van der Waals surface area contributed by atoms with Crippen LogP contribution >= 0.6 is 0 Å². The Kier molecular flexibility index (Phi) is 7.78. The number of anilines is 2. The lowest BCUT2D eigenvalue weighted by Crippen LogP contribution is -2.35. The van der Waals surface area contributed by atoms with E-state index < -0.39 is 0 Å². The van der Waals surface area contributed by atoms with Crippen LogP contribution in [0.3, 0.4) is 0 Å². The molecule has 0 saturated carbocycles. The summed E-state index contributed by atoms with van der Waals surface area (Å²) < 4.78 is 0. The van der Waals surface area contributed by atoms with E-state index in [1.807, 2.05) is 66.7 Å². The van der Waals surface area contributed by atoms with Gasteiger partial charge in [0.2, 0.25) is 0 Å². The Morgan fingerprint density at radius 1 is 0.889 bits per heavy atom. The number of amides is 2. The fourth-order valence-electron chi connectivity index (χ4n) is 4.52. The first-order valence-corrected chi connectivity index (χ1v) is 12.8. The van der Waals surface area contributed by atoms with Crippen molar-refractivity contribution in [1.29, 1.82) is 0 Å². The van der Waals surface area contributed by atoms with Crippen LogP contribution in [-0.4, -0.2) is 24.9 Å². The van der Waals surface area contributed by atoms with Gasteiger partial charge in [0, 0.05) is 36.6 Å². The fourth-order valence-corrected chi connectivity index (χ4v) is 4.52. The number of piperidine rings is 1. The molecular weight excluding hydrogens is 446 g/mol. The van der Waals surface area contributed by atoms with E-state index in [9.17, 15) is 9.59 Å². The second-order valence-corrected chi connectivity index (χ2v) is 10.9. The fraction of sp³-hybridized carbons (Fsp3) is 0.355. The van der Waals surface area contributed by atoms with E-state index in [4.69, 9.17) is 0 Å². The van der Waals surface area contributed by atoms with Crippen molar-refractivity contribution in [2.24, 2.45) is 5.92 Å². The topological polar surface area (TPSA) is 61.4 Å². The number of hydrogen-bond acceptors (Lipinski definition) is 3. The van der Waals surface area contributed by atoms with Gasteiger partial charge in [0.05, 0.1) is 5.56 Å². The normalized spacial score (nSPS) is 14.4. The zero-order valence-electron chi connectivity index (χ0n) is 21.8. The van der Waals surface area contributed by atoms with Crippen LogP contribution in [0.4, 0.5) is 11.4 Å². The van der Waals surface area contributed by atoms with Crippen LogP contribution in [0.1, 0.15) is 72.4 Å². The summed E-state index contributed by atoms with van der Waals surface area (Å²) in [6.45, 7) is 11.0. The standard InChI is InChI=1S/C31H37N3O2/c1-22-16-18-34(19-17-22)28-15-14-26(20-27(28)30(36)32-21-23-8-6-5-7-9-23)33-29(35)24-10-12-25(13-11-24)31(2,3)4/h5-15,20,22H,16-19,21H2,1-4H3,(H,32,36)(H,33,35). The van der Waals surface area contributed by atoms with Crippen molar-refractivity contribution in [3.05, 3.63) is 95.1 Å². The van der Waals surface area contributed by atoms with Gasteiger partial charge >= 0.3 is 0 Å². The molecule has 188 valence electrons. The predicted molar refractivity (Wildman–Crippen MR) is 148 cm³/mol. The molecule has 3 aromatic rings. The maximum Gasteiger partial charge on any atom is 0.255 e. The molecule has 1 heterocycles. The molecule has 0 atom stereocenters. The van der Waals surface area contributed by atoms with E-state index >= 15 is 0 Å². The van der Waals surface area contributed by atoms with E-state index in [0.29, 0.717) is 29.3 Å². The minimum Gasteiger partial charge on any atom is -0.371 e. The van der Waals surface area contributed by atoms with Crippen molar-refractivity contribution in [2.45, 2.75) is 52.5 Å². The van der Waals surface area contributed by atoms with Crippen LogP contribution in [0, 0.1) is 5.92 Å². The van der Waals surface area contributed by atoms with Crippen LogP contribution in [0.15, 0.2) is 72.8 Å². The van der Waals surface area contributed by atoms with Crippen LogP contribution in [-0.2, 0) is 12.0 Å². The molecule has 2 amide bonds. The van der Waals surface area contributed by atoms with Crippen LogP contribution in [0.25, 0.3) is 0 Å². The predicted octanol–water partition coefficient (Wildman–Crippen LogP) is 6.40. The van der Waals surface area contributed by atoms with Crippen molar-refractivity contribution < 1.29 is 9.59 Å². The highest BCUT2D eigenvalue weighted by atomic mass is 16.2. The van der Waals surface area contributed by atoms with Gasteiger partial charge in [-0.05, 0) is 65.6 Å². The van der Waals surface area contributed by atoms with E-state index in [2.05, 4.69) is 43.2 Å². The lowest BCUT2D eigenvalue weighted by Gasteiger charge is -2.33. The number of nitrogens with one attached hydrogen (secondary N) is 2. The number of nitrogens with zero attached hydrogens (tertiary/aromatic N) is 1. The molecule has 3 aromatic carbocycles. The van der Waals surface area contributed by atoms with Crippen LogP contribution in [0.2, 0.25) is 0 Å². The molecule has 0 spiro atoms. The molecule has 1 aliphatic heterocycles. The smallest absolute Gasteiger partial charge is 0.255 e.